The predicted molar refractivity (Wildman–Crippen MR) is 53.6 cm³/mol. The molecule has 0 radical (unpaired) electrons. The molecule has 15 heavy (non-hydrogen) atoms. The second-order valence-corrected chi connectivity index (χ2v) is 3.25. The molecule has 0 saturated heterocycles. The fourth-order valence-electron chi connectivity index (χ4n) is 1.33. The van der Waals surface area contributed by atoms with Crippen LogP contribution in [-0.4, -0.2) is 16.2 Å². The van der Waals surface area contributed by atoms with Gasteiger partial charge in [-0.05, 0) is 12.5 Å². The zero-order valence-electron chi connectivity index (χ0n) is 8.10. The van der Waals surface area contributed by atoms with Crippen LogP contribution in [0.15, 0.2) is 35.1 Å². The van der Waals surface area contributed by atoms with Crippen LogP contribution in [0, 0.1) is 6.92 Å². The topological polar surface area (TPSA) is 63.3 Å². The van der Waals surface area contributed by atoms with Crippen molar-refractivity contribution in [2.75, 3.05) is 0 Å². The van der Waals surface area contributed by atoms with E-state index in [1.807, 2.05) is 31.2 Å². The molecule has 1 aromatic carbocycles. The van der Waals surface area contributed by atoms with Gasteiger partial charge >= 0.3 is 5.97 Å². The quantitative estimate of drug-likeness (QED) is 0.813. The Kier molecular flexibility index (Phi) is 2.25. The standard InChI is InChI=1S/C11H9NO3/c1-7-2-4-8(5-3-7)9-6-15-12-10(9)11(13)14/h2-6H,1H3,(H,13,14). The maximum atomic E-state index is 10.8. The van der Waals surface area contributed by atoms with Gasteiger partial charge in [0.2, 0.25) is 0 Å². The van der Waals surface area contributed by atoms with Gasteiger partial charge in [-0.2, -0.15) is 0 Å². The van der Waals surface area contributed by atoms with Crippen molar-refractivity contribution in [3.63, 3.8) is 0 Å². The summed E-state index contributed by atoms with van der Waals surface area (Å²) >= 11 is 0. The van der Waals surface area contributed by atoms with Crippen LogP contribution >= 0.6 is 0 Å². The highest BCUT2D eigenvalue weighted by Gasteiger charge is 2.15. The molecule has 0 saturated carbocycles. The maximum absolute atomic E-state index is 10.8. The first-order valence-electron chi connectivity index (χ1n) is 4.43. The lowest BCUT2D eigenvalue weighted by atomic mass is 10.1. The van der Waals surface area contributed by atoms with Crippen molar-refractivity contribution in [3.8, 4) is 11.1 Å². The normalized spacial score (nSPS) is 10.2. The first kappa shape index (κ1) is 9.45. The van der Waals surface area contributed by atoms with Crippen LogP contribution in [0.25, 0.3) is 11.1 Å². The Labute approximate surface area is 86.1 Å². The summed E-state index contributed by atoms with van der Waals surface area (Å²) in [7, 11) is 0. The van der Waals surface area contributed by atoms with Gasteiger partial charge < -0.3 is 9.63 Å². The molecule has 0 unspecified atom stereocenters. The first-order chi connectivity index (χ1) is 7.18. The Morgan fingerprint density at radius 1 is 1.33 bits per heavy atom. The lowest BCUT2D eigenvalue weighted by molar-refractivity contribution is 0.0686. The van der Waals surface area contributed by atoms with Gasteiger partial charge in [0.05, 0.1) is 5.56 Å². The third-order valence-electron chi connectivity index (χ3n) is 2.13. The summed E-state index contributed by atoms with van der Waals surface area (Å²) in [4.78, 5) is 10.8. The lowest BCUT2D eigenvalue weighted by Crippen LogP contribution is -1.98. The number of carboxylic acid groups (broad SMARTS) is 1. The van der Waals surface area contributed by atoms with Gasteiger partial charge in [0.25, 0.3) is 0 Å². The summed E-state index contributed by atoms with van der Waals surface area (Å²) in [6.07, 6.45) is 1.34. The number of benzene rings is 1. The minimum absolute atomic E-state index is 0.0566. The fourth-order valence-corrected chi connectivity index (χ4v) is 1.33. The van der Waals surface area contributed by atoms with Crippen LogP contribution in [0.2, 0.25) is 0 Å². The maximum Gasteiger partial charge on any atom is 0.358 e. The smallest absolute Gasteiger partial charge is 0.358 e. The van der Waals surface area contributed by atoms with E-state index in [2.05, 4.69) is 9.68 Å². The van der Waals surface area contributed by atoms with Gasteiger partial charge in [-0.15, -0.1) is 0 Å². The van der Waals surface area contributed by atoms with Gasteiger partial charge in [0, 0.05) is 0 Å². The number of hydrogen-bond donors (Lipinski definition) is 1. The Morgan fingerprint density at radius 3 is 2.60 bits per heavy atom. The summed E-state index contributed by atoms with van der Waals surface area (Å²) in [6, 6.07) is 7.50. The van der Waals surface area contributed by atoms with Gasteiger partial charge in [0.1, 0.15) is 6.26 Å². The Balaban J connectivity index is 2.49. The van der Waals surface area contributed by atoms with E-state index in [1.54, 1.807) is 0 Å². The molecular formula is C11H9NO3. The van der Waals surface area contributed by atoms with Crippen molar-refractivity contribution in [3.05, 3.63) is 41.8 Å². The molecule has 2 rings (SSSR count). The molecule has 1 N–H and O–H groups in total. The highest BCUT2D eigenvalue weighted by molar-refractivity contribution is 5.93. The zero-order chi connectivity index (χ0) is 10.8. The Morgan fingerprint density at radius 2 is 2.00 bits per heavy atom. The number of aromatic carboxylic acids is 1. The molecule has 1 aromatic heterocycles. The van der Waals surface area contributed by atoms with Gasteiger partial charge in [-0.3, -0.25) is 0 Å². The Bertz CT molecular complexity index is 485. The molecule has 0 aliphatic heterocycles. The molecule has 0 aliphatic rings. The first-order valence-corrected chi connectivity index (χ1v) is 4.43. The molecule has 0 atom stereocenters. The molecule has 2 aromatic rings. The highest BCUT2D eigenvalue weighted by Crippen LogP contribution is 2.23. The van der Waals surface area contributed by atoms with Gasteiger partial charge in [0.15, 0.2) is 5.69 Å². The van der Waals surface area contributed by atoms with Crippen molar-refractivity contribution in [1.82, 2.24) is 5.16 Å². The summed E-state index contributed by atoms with van der Waals surface area (Å²) in [5.74, 6) is -1.08. The zero-order valence-corrected chi connectivity index (χ0v) is 8.10. The number of carbonyl (C=O) groups is 1. The average molecular weight is 203 g/mol. The molecule has 0 fully saturated rings. The predicted octanol–water partition coefficient (Wildman–Crippen LogP) is 2.35. The van der Waals surface area contributed by atoms with E-state index < -0.39 is 5.97 Å². The largest absolute Gasteiger partial charge is 0.476 e. The SMILES string of the molecule is Cc1ccc(-c2conc2C(=O)O)cc1. The van der Waals surface area contributed by atoms with E-state index in [-0.39, 0.29) is 5.69 Å². The van der Waals surface area contributed by atoms with Crippen molar-refractivity contribution >= 4 is 5.97 Å². The number of carboxylic acids is 1. The van der Waals surface area contributed by atoms with Crippen molar-refractivity contribution in [2.24, 2.45) is 0 Å². The molecule has 1 heterocycles. The van der Waals surface area contributed by atoms with Crippen LogP contribution in [0.3, 0.4) is 0 Å². The van der Waals surface area contributed by atoms with Crippen LogP contribution in [0.5, 0.6) is 0 Å². The molecule has 0 spiro atoms. The molecule has 0 amide bonds. The number of aromatic nitrogens is 1. The molecule has 4 nitrogen and oxygen atoms in total. The molecule has 76 valence electrons. The van der Waals surface area contributed by atoms with Crippen LogP contribution in [0.4, 0.5) is 0 Å². The molecule has 4 heteroatoms. The number of rotatable bonds is 2. The number of aryl methyl sites for hydroxylation is 1. The van der Waals surface area contributed by atoms with Gasteiger partial charge in [-0.25, -0.2) is 4.79 Å². The fraction of sp³-hybridized carbons (Fsp3) is 0.0909. The summed E-state index contributed by atoms with van der Waals surface area (Å²) in [5, 5.41) is 12.3. The van der Waals surface area contributed by atoms with Crippen molar-refractivity contribution in [1.29, 1.82) is 0 Å². The van der Waals surface area contributed by atoms with E-state index in [0.717, 1.165) is 11.1 Å². The minimum atomic E-state index is -1.08. The molecular weight excluding hydrogens is 194 g/mol. The summed E-state index contributed by atoms with van der Waals surface area (Å²) in [6.45, 7) is 1.97. The van der Waals surface area contributed by atoms with E-state index >= 15 is 0 Å². The van der Waals surface area contributed by atoms with E-state index in [0.29, 0.717) is 5.56 Å². The Hall–Kier alpha value is -2.10. The number of hydrogen-bond acceptors (Lipinski definition) is 3. The second-order valence-electron chi connectivity index (χ2n) is 3.25. The van der Waals surface area contributed by atoms with Crippen LogP contribution in [-0.2, 0) is 0 Å². The molecule has 0 aliphatic carbocycles. The number of nitrogens with zero attached hydrogens (tertiary/aromatic N) is 1. The second kappa shape index (κ2) is 3.57. The van der Waals surface area contributed by atoms with Crippen molar-refractivity contribution in [2.45, 2.75) is 6.92 Å². The van der Waals surface area contributed by atoms with E-state index in [4.69, 9.17) is 5.11 Å². The van der Waals surface area contributed by atoms with Gasteiger partial charge in [-0.1, -0.05) is 35.0 Å². The molecule has 0 bridgehead atoms. The minimum Gasteiger partial charge on any atom is -0.476 e. The third-order valence-corrected chi connectivity index (χ3v) is 2.13. The average Bonchev–Trinajstić information content (AvgIpc) is 2.67. The van der Waals surface area contributed by atoms with Crippen LogP contribution in [0.1, 0.15) is 16.1 Å². The monoisotopic (exact) mass is 203 g/mol. The highest BCUT2D eigenvalue weighted by atomic mass is 16.5. The van der Waals surface area contributed by atoms with Crippen molar-refractivity contribution < 1.29 is 14.4 Å². The summed E-state index contributed by atoms with van der Waals surface area (Å²) in [5.41, 5.74) is 2.35. The summed E-state index contributed by atoms with van der Waals surface area (Å²) < 4.78 is 4.66. The lowest BCUT2D eigenvalue weighted by Gasteiger charge is -1.98. The third kappa shape index (κ3) is 1.74. The van der Waals surface area contributed by atoms with E-state index in [9.17, 15) is 4.79 Å². The van der Waals surface area contributed by atoms with Crippen LogP contribution < -0.4 is 0 Å². The van der Waals surface area contributed by atoms with E-state index in [1.165, 1.54) is 6.26 Å².